The van der Waals surface area contributed by atoms with Crippen LogP contribution in [0.25, 0.3) is 11.4 Å². The van der Waals surface area contributed by atoms with Crippen molar-refractivity contribution in [2.45, 2.75) is 38.8 Å². The van der Waals surface area contributed by atoms with Crippen LogP contribution in [0.4, 0.5) is 4.39 Å². The molecule has 1 aliphatic rings. The van der Waals surface area contributed by atoms with E-state index >= 15 is 0 Å². The largest absolute Gasteiger partial charge is 0.337 e. The van der Waals surface area contributed by atoms with Crippen LogP contribution in [-0.4, -0.2) is 21.6 Å². The fourth-order valence-corrected chi connectivity index (χ4v) is 4.18. The molecule has 2 aromatic heterocycles. The first kappa shape index (κ1) is 16.4. The van der Waals surface area contributed by atoms with Crippen LogP contribution in [0.2, 0.25) is 0 Å². The molecular weight excluding hydrogens is 337 g/mol. The van der Waals surface area contributed by atoms with Gasteiger partial charge in [-0.1, -0.05) is 17.3 Å². The Kier molecular flexibility index (Phi) is 4.39. The predicted molar refractivity (Wildman–Crippen MR) is 95.8 cm³/mol. The Bertz CT molecular complexity index is 861. The number of aryl methyl sites for hydroxylation is 1. The lowest BCUT2D eigenvalue weighted by atomic mass is 10.1. The van der Waals surface area contributed by atoms with Crippen LogP contribution >= 0.6 is 11.3 Å². The quantitative estimate of drug-likeness (QED) is 0.648. The molecule has 3 aromatic rings. The molecule has 0 saturated carbocycles. The highest BCUT2D eigenvalue weighted by molar-refractivity contribution is 7.07. The fraction of sp³-hybridized carbons (Fsp3) is 0.368. The van der Waals surface area contributed by atoms with Crippen molar-refractivity contribution in [1.29, 1.82) is 0 Å². The number of likely N-dealkylation sites (tertiary alicyclic amines) is 1. The maximum Gasteiger partial charge on any atom is 0.244 e. The Morgan fingerprint density at radius 2 is 2.24 bits per heavy atom. The van der Waals surface area contributed by atoms with E-state index in [1.54, 1.807) is 24.3 Å². The predicted octanol–water partition coefficient (Wildman–Crippen LogP) is 5.14. The molecule has 1 aromatic carbocycles. The number of thiophene rings is 1. The number of aromatic nitrogens is 2. The van der Waals surface area contributed by atoms with Gasteiger partial charge in [-0.25, -0.2) is 4.39 Å². The normalized spacial score (nSPS) is 19.4. The Labute approximate surface area is 150 Å². The summed E-state index contributed by atoms with van der Waals surface area (Å²) in [6.45, 7) is 4.84. The van der Waals surface area contributed by atoms with E-state index < -0.39 is 0 Å². The molecule has 2 atom stereocenters. The summed E-state index contributed by atoms with van der Waals surface area (Å²) in [5.41, 5.74) is 2.60. The lowest BCUT2D eigenvalue weighted by Gasteiger charge is -2.27. The third-order valence-corrected chi connectivity index (χ3v) is 5.65. The molecule has 4 nitrogen and oxygen atoms in total. The second-order valence-corrected chi connectivity index (χ2v) is 7.33. The lowest BCUT2D eigenvalue weighted by molar-refractivity contribution is 0.159. The zero-order chi connectivity index (χ0) is 17.4. The van der Waals surface area contributed by atoms with Crippen molar-refractivity contribution in [3.8, 4) is 11.4 Å². The number of halogens is 1. The van der Waals surface area contributed by atoms with Gasteiger partial charge in [0.2, 0.25) is 11.7 Å². The molecule has 1 aliphatic heterocycles. The maximum atomic E-state index is 13.8. The van der Waals surface area contributed by atoms with E-state index in [2.05, 4.69) is 38.8 Å². The first-order valence-electron chi connectivity index (χ1n) is 8.51. The van der Waals surface area contributed by atoms with Crippen molar-refractivity contribution in [2.24, 2.45) is 0 Å². The molecule has 0 radical (unpaired) electrons. The first-order chi connectivity index (χ1) is 12.1. The van der Waals surface area contributed by atoms with Crippen molar-refractivity contribution in [1.82, 2.24) is 15.0 Å². The van der Waals surface area contributed by atoms with E-state index in [4.69, 9.17) is 4.52 Å². The summed E-state index contributed by atoms with van der Waals surface area (Å²) in [6, 6.07) is 7.63. The molecule has 1 fully saturated rings. The van der Waals surface area contributed by atoms with Crippen LogP contribution in [0.15, 0.2) is 39.5 Å². The topological polar surface area (TPSA) is 42.2 Å². The van der Waals surface area contributed by atoms with Crippen LogP contribution in [0.1, 0.15) is 48.9 Å². The smallest absolute Gasteiger partial charge is 0.244 e. The molecule has 0 spiro atoms. The van der Waals surface area contributed by atoms with Crippen molar-refractivity contribution >= 4 is 11.3 Å². The van der Waals surface area contributed by atoms with E-state index in [0.717, 1.165) is 19.4 Å². The van der Waals surface area contributed by atoms with Gasteiger partial charge in [0, 0.05) is 11.6 Å². The molecule has 0 unspecified atom stereocenters. The van der Waals surface area contributed by atoms with Gasteiger partial charge in [0.25, 0.3) is 0 Å². The van der Waals surface area contributed by atoms with Crippen molar-refractivity contribution in [2.75, 3.05) is 6.54 Å². The number of hydrogen-bond donors (Lipinski definition) is 0. The summed E-state index contributed by atoms with van der Waals surface area (Å²) in [5.74, 6) is 0.763. The van der Waals surface area contributed by atoms with Crippen molar-refractivity contribution in [3.05, 3.63) is 57.9 Å². The highest BCUT2D eigenvalue weighted by Gasteiger charge is 2.33. The molecule has 3 heterocycles. The van der Waals surface area contributed by atoms with Gasteiger partial charge in [0.1, 0.15) is 5.82 Å². The second kappa shape index (κ2) is 6.69. The zero-order valence-electron chi connectivity index (χ0n) is 14.3. The second-order valence-electron chi connectivity index (χ2n) is 6.55. The average Bonchev–Trinajstić information content (AvgIpc) is 3.36. The fourth-order valence-electron chi connectivity index (χ4n) is 3.47. The molecule has 0 aliphatic carbocycles. The van der Waals surface area contributed by atoms with Gasteiger partial charge < -0.3 is 4.52 Å². The van der Waals surface area contributed by atoms with Gasteiger partial charge in [-0.05, 0) is 67.3 Å². The van der Waals surface area contributed by atoms with Crippen LogP contribution in [-0.2, 0) is 0 Å². The summed E-state index contributed by atoms with van der Waals surface area (Å²) in [4.78, 5) is 6.94. The van der Waals surface area contributed by atoms with Gasteiger partial charge in [0.15, 0.2) is 0 Å². The molecule has 25 heavy (non-hydrogen) atoms. The summed E-state index contributed by atoms with van der Waals surface area (Å²) < 4.78 is 19.3. The van der Waals surface area contributed by atoms with Crippen LogP contribution in [0, 0.1) is 12.7 Å². The zero-order valence-corrected chi connectivity index (χ0v) is 15.1. The van der Waals surface area contributed by atoms with Gasteiger partial charge in [-0.15, -0.1) is 0 Å². The van der Waals surface area contributed by atoms with Crippen LogP contribution in [0.5, 0.6) is 0 Å². The highest BCUT2D eigenvalue weighted by atomic mass is 32.1. The minimum atomic E-state index is -0.256. The van der Waals surface area contributed by atoms with Crippen molar-refractivity contribution < 1.29 is 8.91 Å². The minimum Gasteiger partial charge on any atom is -0.337 e. The maximum absolute atomic E-state index is 13.8. The number of rotatable bonds is 4. The van der Waals surface area contributed by atoms with E-state index in [9.17, 15) is 4.39 Å². The molecule has 0 amide bonds. The molecule has 0 N–H and O–H groups in total. The Balaban J connectivity index is 1.58. The van der Waals surface area contributed by atoms with E-state index in [-0.39, 0.29) is 11.9 Å². The molecule has 4 rings (SSSR count). The average molecular weight is 357 g/mol. The third-order valence-electron chi connectivity index (χ3n) is 4.95. The van der Waals surface area contributed by atoms with Gasteiger partial charge in [0.05, 0.1) is 6.04 Å². The van der Waals surface area contributed by atoms with Crippen LogP contribution in [0.3, 0.4) is 0 Å². The molecule has 1 saturated heterocycles. The lowest BCUT2D eigenvalue weighted by Crippen LogP contribution is -2.26. The van der Waals surface area contributed by atoms with Crippen LogP contribution < -0.4 is 0 Å². The molecule has 130 valence electrons. The van der Waals surface area contributed by atoms with Crippen molar-refractivity contribution in [3.63, 3.8) is 0 Å². The summed E-state index contributed by atoms with van der Waals surface area (Å²) >= 11 is 1.73. The molecule has 6 heteroatoms. The monoisotopic (exact) mass is 357 g/mol. The number of nitrogens with zero attached hydrogens (tertiary/aromatic N) is 3. The molecule has 0 bridgehead atoms. The van der Waals surface area contributed by atoms with Gasteiger partial charge in [-0.3, -0.25) is 4.90 Å². The SMILES string of the molecule is Cc1ccc(-c2noc([C@@H](C)N3CCC[C@H]3c3ccsc3)n2)cc1F. The molecular formula is C19H20FN3OS. The van der Waals surface area contributed by atoms with E-state index in [1.807, 2.05) is 6.07 Å². The van der Waals surface area contributed by atoms with Gasteiger partial charge in [-0.2, -0.15) is 16.3 Å². The summed E-state index contributed by atoms with van der Waals surface area (Å²) in [5, 5.41) is 8.39. The third kappa shape index (κ3) is 3.12. The standard InChI is InChI=1S/C19H20FN3OS/c1-12-5-6-14(10-16(12)20)18-21-19(24-22-18)13(2)23-8-3-4-17(23)15-7-9-25-11-15/h5-7,9-11,13,17H,3-4,8H2,1-2H3/t13-,17+/m1/s1. The van der Waals surface area contributed by atoms with E-state index in [0.29, 0.717) is 28.9 Å². The Hall–Kier alpha value is -2.05. The van der Waals surface area contributed by atoms with Gasteiger partial charge >= 0.3 is 0 Å². The Morgan fingerprint density at radius 3 is 3.00 bits per heavy atom. The number of benzene rings is 1. The summed E-state index contributed by atoms with van der Waals surface area (Å²) in [7, 11) is 0. The van der Waals surface area contributed by atoms with E-state index in [1.165, 1.54) is 11.6 Å². The Morgan fingerprint density at radius 1 is 1.36 bits per heavy atom. The first-order valence-corrected chi connectivity index (χ1v) is 9.46. The summed E-state index contributed by atoms with van der Waals surface area (Å²) in [6.07, 6.45) is 2.31. The highest BCUT2D eigenvalue weighted by Crippen LogP contribution is 2.39. The number of hydrogen-bond acceptors (Lipinski definition) is 5. The minimum absolute atomic E-state index is 0.0314.